The molecule has 0 aliphatic carbocycles. The maximum atomic E-state index is 13.3. The van der Waals surface area contributed by atoms with Gasteiger partial charge in [-0.05, 0) is 29.8 Å². The van der Waals surface area contributed by atoms with E-state index in [4.69, 9.17) is 23.2 Å². The largest absolute Gasteiger partial charge is 0.387 e. The number of hydrogen-bond acceptors (Lipinski definition) is 3. The first-order valence-corrected chi connectivity index (χ1v) is 6.76. The van der Waals surface area contributed by atoms with E-state index in [0.29, 0.717) is 5.56 Å². The lowest BCUT2D eigenvalue weighted by Gasteiger charge is -2.12. The molecule has 2 aromatic rings. The second kappa shape index (κ2) is 6.85. The highest BCUT2D eigenvalue weighted by atomic mass is 35.5. The fourth-order valence-electron chi connectivity index (χ4n) is 1.65. The first-order chi connectivity index (χ1) is 9.97. The predicted molar refractivity (Wildman–Crippen MR) is 78.0 cm³/mol. The summed E-state index contributed by atoms with van der Waals surface area (Å²) < 4.78 is 13.3. The van der Waals surface area contributed by atoms with E-state index in [2.05, 4.69) is 10.3 Å². The number of nitrogens with one attached hydrogen (secondary N) is 1. The zero-order chi connectivity index (χ0) is 15.4. The molecule has 1 unspecified atom stereocenters. The van der Waals surface area contributed by atoms with Gasteiger partial charge in [0, 0.05) is 6.54 Å². The van der Waals surface area contributed by atoms with E-state index in [9.17, 15) is 14.3 Å². The molecule has 2 rings (SSSR count). The minimum absolute atomic E-state index is 0.0295. The van der Waals surface area contributed by atoms with Crippen molar-refractivity contribution in [1.29, 1.82) is 0 Å². The van der Waals surface area contributed by atoms with Crippen LogP contribution >= 0.6 is 23.2 Å². The van der Waals surface area contributed by atoms with Gasteiger partial charge in [0.05, 0.1) is 11.1 Å². The van der Waals surface area contributed by atoms with E-state index < -0.39 is 17.8 Å². The lowest BCUT2D eigenvalue weighted by atomic mass is 10.1. The zero-order valence-electron chi connectivity index (χ0n) is 10.7. The molecule has 0 fully saturated rings. The summed E-state index contributed by atoms with van der Waals surface area (Å²) in [6.07, 6.45) is -1.06. The molecule has 1 aromatic carbocycles. The van der Waals surface area contributed by atoms with Crippen molar-refractivity contribution in [1.82, 2.24) is 10.3 Å². The van der Waals surface area contributed by atoms with Gasteiger partial charge in [0.15, 0.2) is 0 Å². The van der Waals surface area contributed by atoms with Gasteiger partial charge in [0.25, 0.3) is 5.91 Å². The summed E-state index contributed by atoms with van der Waals surface area (Å²) in [5.74, 6) is -1.11. The Balaban J connectivity index is 1.99. The van der Waals surface area contributed by atoms with E-state index in [1.807, 2.05) is 0 Å². The number of halogens is 3. The number of carbonyl (C=O) groups is 1. The van der Waals surface area contributed by atoms with Crippen LogP contribution in [0.2, 0.25) is 10.2 Å². The van der Waals surface area contributed by atoms with Crippen molar-refractivity contribution < 1.29 is 14.3 Å². The molecule has 0 saturated carbocycles. The second-order valence-electron chi connectivity index (χ2n) is 4.24. The van der Waals surface area contributed by atoms with Crippen LogP contribution < -0.4 is 5.32 Å². The standard InChI is InChI=1S/C14H11Cl2FN2O2/c15-9-5-4-8(6-10(9)17)12(20)7-18-14(21)11-2-1-3-13(16)19-11/h1-6,12,20H,7H2,(H,18,21). The Labute approximate surface area is 130 Å². The van der Waals surface area contributed by atoms with Crippen LogP contribution in [0.4, 0.5) is 4.39 Å². The van der Waals surface area contributed by atoms with Crippen LogP contribution in [-0.2, 0) is 0 Å². The normalized spacial score (nSPS) is 12.0. The van der Waals surface area contributed by atoms with Crippen LogP contribution in [0.1, 0.15) is 22.2 Å². The van der Waals surface area contributed by atoms with Crippen LogP contribution in [0.3, 0.4) is 0 Å². The zero-order valence-corrected chi connectivity index (χ0v) is 12.2. The van der Waals surface area contributed by atoms with Crippen molar-refractivity contribution in [3.8, 4) is 0 Å². The highest BCUT2D eigenvalue weighted by Crippen LogP contribution is 2.20. The molecule has 0 radical (unpaired) electrons. The lowest BCUT2D eigenvalue weighted by Crippen LogP contribution is -2.29. The average Bonchev–Trinajstić information content (AvgIpc) is 2.47. The molecule has 1 amide bonds. The molecule has 1 heterocycles. The van der Waals surface area contributed by atoms with Gasteiger partial charge in [-0.1, -0.05) is 35.3 Å². The van der Waals surface area contributed by atoms with E-state index in [0.717, 1.165) is 6.07 Å². The number of aromatic nitrogens is 1. The topological polar surface area (TPSA) is 62.2 Å². The highest BCUT2D eigenvalue weighted by molar-refractivity contribution is 6.30. The van der Waals surface area contributed by atoms with Crippen molar-refractivity contribution >= 4 is 29.1 Å². The van der Waals surface area contributed by atoms with Gasteiger partial charge in [-0.25, -0.2) is 9.37 Å². The van der Waals surface area contributed by atoms with Gasteiger partial charge in [-0.15, -0.1) is 0 Å². The molecule has 0 aliphatic rings. The number of carbonyl (C=O) groups excluding carboxylic acids is 1. The number of benzene rings is 1. The number of amides is 1. The van der Waals surface area contributed by atoms with Gasteiger partial charge in [0.2, 0.25) is 0 Å². The van der Waals surface area contributed by atoms with E-state index in [1.165, 1.54) is 18.2 Å². The minimum atomic E-state index is -1.06. The Hall–Kier alpha value is -1.69. The van der Waals surface area contributed by atoms with Crippen LogP contribution in [0, 0.1) is 5.82 Å². The second-order valence-corrected chi connectivity index (χ2v) is 5.04. The third-order valence-electron chi connectivity index (χ3n) is 2.73. The van der Waals surface area contributed by atoms with Crippen LogP contribution in [0.5, 0.6) is 0 Å². The van der Waals surface area contributed by atoms with E-state index >= 15 is 0 Å². The number of aliphatic hydroxyl groups is 1. The summed E-state index contributed by atoms with van der Waals surface area (Å²) in [5, 5.41) is 12.6. The fraction of sp³-hybridized carbons (Fsp3) is 0.143. The number of nitrogens with zero attached hydrogens (tertiary/aromatic N) is 1. The Bertz CT molecular complexity index is 667. The summed E-state index contributed by atoms with van der Waals surface area (Å²) in [5.41, 5.74) is 0.452. The third-order valence-corrected chi connectivity index (χ3v) is 3.25. The summed E-state index contributed by atoms with van der Waals surface area (Å²) in [4.78, 5) is 15.7. The molecule has 1 atom stereocenters. The van der Waals surface area contributed by atoms with Crippen molar-refractivity contribution in [3.63, 3.8) is 0 Å². The van der Waals surface area contributed by atoms with E-state index in [-0.39, 0.29) is 22.4 Å². The number of hydrogen-bond donors (Lipinski definition) is 2. The maximum absolute atomic E-state index is 13.3. The van der Waals surface area contributed by atoms with Crippen molar-refractivity contribution in [2.75, 3.05) is 6.54 Å². The molecule has 0 aliphatic heterocycles. The molecular weight excluding hydrogens is 318 g/mol. The monoisotopic (exact) mass is 328 g/mol. The van der Waals surface area contributed by atoms with Gasteiger partial charge in [-0.3, -0.25) is 4.79 Å². The maximum Gasteiger partial charge on any atom is 0.270 e. The number of rotatable bonds is 4. The molecule has 4 nitrogen and oxygen atoms in total. The van der Waals surface area contributed by atoms with Gasteiger partial charge in [0.1, 0.15) is 16.7 Å². The van der Waals surface area contributed by atoms with Crippen LogP contribution in [0.15, 0.2) is 36.4 Å². The predicted octanol–water partition coefficient (Wildman–Crippen LogP) is 2.99. The molecule has 0 spiro atoms. The third kappa shape index (κ3) is 4.14. The first kappa shape index (κ1) is 15.7. The molecule has 1 aromatic heterocycles. The Morgan fingerprint density at radius 3 is 2.76 bits per heavy atom. The SMILES string of the molecule is O=C(NCC(O)c1ccc(Cl)c(F)c1)c1cccc(Cl)n1. The van der Waals surface area contributed by atoms with Crippen molar-refractivity contribution in [3.05, 3.63) is 63.6 Å². The Kier molecular flexibility index (Phi) is 5.12. The van der Waals surface area contributed by atoms with Crippen molar-refractivity contribution in [2.45, 2.75) is 6.10 Å². The Morgan fingerprint density at radius 2 is 2.10 bits per heavy atom. The molecule has 110 valence electrons. The molecular formula is C14H11Cl2FN2O2. The first-order valence-electron chi connectivity index (χ1n) is 6.01. The molecule has 0 saturated heterocycles. The molecule has 7 heteroatoms. The molecule has 2 N–H and O–H groups in total. The van der Waals surface area contributed by atoms with Crippen molar-refractivity contribution in [2.24, 2.45) is 0 Å². The van der Waals surface area contributed by atoms with Gasteiger partial charge in [-0.2, -0.15) is 0 Å². The minimum Gasteiger partial charge on any atom is -0.387 e. The lowest BCUT2D eigenvalue weighted by molar-refractivity contribution is 0.0911. The van der Waals surface area contributed by atoms with Crippen LogP contribution in [-0.4, -0.2) is 22.5 Å². The average molecular weight is 329 g/mol. The van der Waals surface area contributed by atoms with Gasteiger partial charge >= 0.3 is 0 Å². The quantitative estimate of drug-likeness (QED) is 0.848. The highest BCUT2D eigenvalue weighted by Gasteiger charge is 2.13. The summed E-state index contributed by atoms with van der Waals surface area (Å²) >= 11 is 11.2. The summed E-state index contributed by atoms with van der Waals surface area (Å²) in [6, 6.07) is 8.58. The Morgan fingerprint density at radius 1 is 1.33 bits per heavy atom. The fourth-order valence-corrected chi connectivity index (χ4v) is 1.93. The number of aliphatic hydroxyl groups excluding tert-OH is 1. The van der Waals surface area contributed by atoms with Crippen LogP contribution in [0.25, 0.3) is 0 Å². The number of pyridine rings is 1. The molecule has 21 heavy (non-hydrogen) atoms. The van der Waals surface area contributed by atoms with Gasteiger partial charge < -0.3 is 10.4 Å². The molecule has 0 bridgehead atoms. The summed E-state index contributed by atoms with van der Waals surface area (Å²) in [6.45, 7) is -0.0892. The smallest absolute Gasteiger partial charge is 0.270 e. The van der Waals surface area contributed by atoms with E-state index in [1.54, 1.807) is 12.1 Å². The summed E-state index contributed by atoms with van der Waals surface area (Å²) in [7, 11) is 0.